The van der Waals surface area contributed by atoms with Gasteiger partial charge in [-0.2, -0.15) is 15.8 Å². The highest BCUT2D eigenvalue weighted by molar-refractivity contribution is 6.14. The maximum absolute atomic E-state index is 13.4. The second kappa shape index (κ2) is 6.02. The van der Waals surface area contributed by atoms with Crippen LogP contribution in [-0.2, 0) is 10.2 Å². The third kappa shape index (κ3) is 1.88. The van der Waals surface area contributed by atoms with Gasteiger partial charge in [0.15, 0.2) is 0 Å². The number of rotatable bonds is 1. The second-order valence-corrected chi connectivity index (χ2v) is 7.38. The molecule has 1 aromatic carbocycles. The van der Waals surface area contributed by atoms with Crippen LogP contribution in [0.3, 0.4) is 0 Å². The molecule has 0 saturated heterocycles. The van der Waals surface area contributed by atoms with Crippen molar-refractivity contribution in [3.8, 4) is 18.2 Å². The highest BCUT2D eigenvalue weighted by Gasteiger charge is 2.68. The summed E-state index contributed by atoms with van der Waals surface area (Å²) in [6.45, 7) is 3.72. The Bertz CT molecular complexity index is 1040. The van der Waals surface area contributed by atoms with E-state index >= 15 is 0 Å². The van der Waals surface area contributed by atoms with E-state index in [2.05, 4.69) is 16.3 Å². The lowest BCUT2D eigenvalue weighted by molar-refractivity contribution is -0.123. The average molecular weight is 370 g/mol. The molecular weight excluding hydrogens is 352 g/mol. The number of likely N-dealkylation sites (N-methyl/N-ethyl adjacent to an activating group) is 1. The molecule has 0 aromatic heterocycles. The molecule has 7 heteroatoms. The fourth-order valence-corrected chi connectivity index (χ4v) is 5.04. The van der Waals surface area contributed by atoms with Gasteiger partial charge in [-0.05, 0) is 23.7 Å². The lowest BCUT2D eigenvalue weighted by atomic mass is 9.48. The highest BCUT2D eigenvalue weighted by atomic mass is 16.2. The van der Waals surface area contributed by atoms with Gasteiger partial charge in [0, 0.05) is 24.7 Å². The number of hydrogen-bond donors (Lipinski definition) is 2. The fourth-order valence-electron chi connectivity index (χ4n) is 5.04. The number of nitrogens with zero attached hydrogens (tertiary/aromatic N) is 4. The van der Waals surface area contributed by atoms with Crippen LogP contribution in [0.5, 0.6) is 0 Å². The van der Waals surface area contributed by atoms with E-state index in [9.17, 15) is 20.6 Å². The van der Waals surface area contributed by atoms with E-state index in [4.69, 9.17) is 5.41 Å². The first-order chi connectivity index (χ1) is 13.5. The molecule has 28 heavy (non-hydrogen) atoms. The SMILES string of the molecule is CCN1CC=C2[C@H](C1)[C@]1(C(=O)Nc3ccccc31)[C@H](C#N)C(=N)C2(C#N)C#N. The van der Waals surface area contributed by atoms with Gasteiger partial charge in [0.2, 0.25) is 11.3 Å². The van der Waals surface area contributed by atoms with Gasteiger partial charge in [0.1, 0.15) is 11.3 Å². The Kier molecular flexibility index (Phi) is 3.85. The molecule has 1 saturated carbocycles. The van der Waals surface area contributed by atoms with E-state index in [0.717, 1.165) is 6.54 Å². The van der Waals surface area contributed by atoms with E-state index in [-0.39, 0.29) is 11.6 Å². The predicted octanol–water partition coefficient (Wildman–Crippen LogP) is 1.96. The van der Waals surface area contributed by atoms with E-state index in [1.54, 1.807) is 24.3 Å². The zero-order chi connectivity index (χ0) is 20.1. The van der Waals surface area contributed by atoms with Crippen LogP contribution >= 0.6 is 0 Å². The summed E-state index contributed by atoms with van der Waals surface area (Å²) in [4.78, 5) is 15.5. The number of nitrogens with one attached hydrogen (secondary N) is 2. The number of carbonyl (C=O) groups is 1. The van der Waals surface area contributed by atoms with Crippen LogP contribution in [0.4, 0.5) is 5.69 Å². The number of fused-ring (bicyclic) bond motifs is 4. The summed E-state index contributed by atoms with van der Waals surface area (Å²) in [6.07, 6.45) is 1.81. The Hall–Kier alpha value is -3.47. The van der Waals surface area contributed by atoms with Crippen molar-refractivity contribution < 1.29 is 4.79 Å². The minimum absolute atomic E-state index is 0.306. The lowest BCUT2D eigenvalue weighted by Gasteiger charge is -2.51. The molecule has 1 amide bonds. The summed E-state index contributed by atoms with van der Waals surface area (Å²) in [6, 6.07) is 13.3. The molecule has 1 spiro atoms. The Morgan fingerprint density at radius 2 is 2.00 bits per heavy atom. The van der Waals surface area contributed by atoms with Crippen molar-refractivity contribution in [2.75, 3.05) is 25.0 Å². The third-order valence-electron chi connectivity index (χ3n) is 6.42. The predicted molar refractivity (Wildman–Crippen MR) is 101 cm³/mol. The summed E-state index contributed by atoms with van der Waals surface area (Å²) in [5.41, 5.74) is -1.68. The van der Waals surface area contributed by atoms with Gasteiger partial charge in [-0.25, -0.2) is 0 Å². The fraction of sp³-hybridized carbons (Fsp3) is 0.381. The number of amides is 1. The van der Waals surface area contributed by atoms with Gasteiger partial charge >= 0.3 is 0 Å². The topological polar surface area (TPSA) is 128 Å². The number of nitriles is 3. The third-order valence-corrected chi connectivity index (χ3v) is 6.42. The van der Waals surface area contributed by atoms with Gasteiger partial charge in [-0.1, -0.05) is 31.2 Å². The zero-order valence-electron chi connectivity index (χ0n) is 15.4. The number of hydrogen-bond acceptors (Lipinski definition) is 6. The first-order valence-electron chi connectivity index (χ1n) is 9.16. The lowest BCUT2D eigenvalue weighted by Crippen LogP contribution is -2.63. The Morgan fingerprint density at radius 3 is 2.64 bits per heavy atom. The quantitative estimate of drug-likeness (QED) is 0.730. The summed E-state index contributed by atoms with van der Waals surface area (Å²) in [5, 5.41) is 41.4. The number of para-hydroxylation sites is 1. The molecule has 0 radical (unpaired) electrons. The minimum atomic E-state index is -1.81. The van der Waals surface area contributed by atoms with Crippen LogP contribution < -0.4 is 5.32 Å². The van der Waals surface area contributed by atoms with E-state index in [0.29, 0.717) is 29.9 Å². The van der Waals surface area contributed by atoms with Gasteiger partial charge in [0.25, 0.3) is 0 Å². The molecule has 2 N–H and O–H groups in total. The summed E-state index contributed by atoms with van der Waals surface area (Å²) in [5.74, 6) is -2.08. The van der Waals surface area contributed by atoms with Crippen molar-refractivity contribution >= 4 is 17.3 Å². The van der Waals surface area contributed by atoms with Crippen molar-refractivity contribution in [2.45, 2.75) is 12.3 Å². The van der Waals surface area contributed by atoms with E-state index in [1.165, 1.54) is 0 Å². The van der Waals surface area contributed by atoms with Crippen LogP contribution in [0.25, 0.3) is 0 Å². The van der Waals surface area contributed by atoms with E-state index in [1.807, 2.05) is 25.1 Å². The summed E-state index contributed by atoms with van der Waals surface area (Å²) in [7, 11) is 0. The number of benzene rings is 1. The number of carbonyl (C=O) groups excluding carboxylic acids is 1. The Balaban J connectivity index is 2.07. The summed E-state index contributed by atoms with van der Waals surface area (Å²) < 4.78 is 0. The van der Waals surface area contributed by atoms with Gasteiger partial charge in [-0.15, -0.1) is 0 Å². The molecule has 2 heterocycles. The van der Waals surface area contributed by atoms with Crippen molar-refractivity contribution in [3.63, 3.8) is 0 Å². The minimum Gasteiger partial charge on any atom is -0.325 e. The van der Waals surface area contributed by atoms with Crippen LogP contribution in [0.1, 0.15) is 12.5 Å². The first kappa shape index (κ1) is 17.9. The standard InChI is InChI=1S/C21H18N6O/c1-2-27-8-7-13-16(10-27)21(14-5-3-4-6-17(14)26-19(21)28)15(9-22)18(25)20(13,11-23)12-24/h3-7,15-16,25H,2,8,10H2,1H3,(H,26,28)/t15-,16+,21-/m1/s1. The molecular formula is C21H18N6O. The normalized spacial score (nSPS) is 30.3. The van der Waals surface area contributed by atoms with Gasteiger partial charge < -0.3 is 10.7 Å². The van der Waals surface area contributed by atoms with E-state index < -0.39 is 22.7 Å². The van der Waals surface area contributed by atoms with Crippen molar-refractivity contribution in [1.29, 1.82) is 21.2 Å². The maximum atomic E-state index is 13.4. The molecule has 4 rings (SSSR count). The largest absolute Gasteiger partial charge is 0.325 e. The van der Waals surface area contributed by atoms with Crippen molar-refractivity contribution in [1.82, 2.24) is 4.90 Å². The highest BCUT2D eigenvalue weighted by Crippen LogP contribution is 2.59. The molecule has 3 atom stereocenters. The smallest absolute Gasteiger partial charge is 0.237 e. The number of anilines is 1. The zero-order valence-corrected chi connectivity index (χ0v) is 15.4. The molecule has 7 nitrogen and oxygen atoms in total. The Labute approximate surface area is 163 Å². The molecule has 0 unspecified atom stereocenters. The molecule has 3 aliphatic rings. The van der Waals surface area contributed by atoms with Gasteiger partial charge in [-0.3, -0.25) is 9.69 Å². The monoisotopic (exact) mass is 370 g/mol. The average Bonchev–Trinajstić information content (AvgIpc) is 3.02. The Morgan fingerprint density at radius 1 is 1.29 bits per heavy atom. The molecule has 1 fully saturated rings. The molecule has 1 aliphatic carbocycles. The maximum Gasteiger partial charge on any atom is 0.237 e. The first-order valence-corrected chi connectivity index (χ1v) is 9.16. The van der Waals surface area contributed by atoms with Crippen LogP contribution in [0, 0.1) is 56.7 Å². The van der Waals surface area contributed by atoms with Crippen LogP contribution in [-0.4, -0.2) is 36.2 Å². The van der Waals surface area contributed by atoms with Crippen molar-refractivity contribution in [2.24, 2.45) is 17.3 Å². The molecule has 138 valence electrons. The van der Waals surface area contributed by atoms with Crippen molar-refractivity contribution in [3.05, 3.63) is 41.5 Å². The van der Waals surface area contributed by atoms with Crippen LogP contribution in [0.15, 0.2) is 35.9 Å². The molecule has 1 aromatic rings. The summed E-state index contributed by atoms with van der Waals surface area (Å²) >= 11 is 0. The van der Waals surface area contributed by atoms with Crippen LogP contribution in [0.2, 0.25) is 0 Å². The molecule has 0 bridgehead atoms. The molecule has 2 aliphatic heterocycles. The van der Waals surface area contributed by atoms with Gasteiger partial charge in [0.05, 0.1) is 23.9 Å². The second-order valence-electron chi connectivity index (χ2n) is 7.38.